The van der Waals surface area contributed by atoms with Crippen molar-refractivity contribution < 1.29 is 31.5 Å². The fraction of sp³-hybridized carbons (Fsp3) is 0.300. The van der Waals surface area contributed by atoms with Crippen molar-refractivity contribution in [1.29, 1.82) is 0 Å². The fourth-order valence-electron chi connectivity index (χ4n) is 1.37. The molecule has 0 bridgehead atoms. The van der Waals surface area contributed by atoms with Crippen LogP contribution >= 0.6 is 0 Å². The molecule has 5 nitrogen and oxygen atoms in total. The van der Waals surface area contributed by atoms with E-state index >= 15 is 0 Å². The second-order valence-corrected chi connectivity index (χ2v) is 5.76. The number of halogens is 3. The molecule has 0 saturated heterocycles. The van der Waals surface area contributed by atoms with Crippen LogP contribution in [0, 0.1) is 0 Å². The molecule has 0 aliphatic rings. The maximum absolute atomic E-state index is 12.5. The lowest BCUT2D eigenvalue weighted by Gasteiger charge is -2.13. The first-order valence-corrected chi connectivity index (χ1v) is 6.49. The summed E-state index contributed by atoms with van der Waals surface area (Å²) in [5.41, 5.74) is 3.87. The van der Waals surface area contributed by atoms with Crippen LogP contribution in [0.25, 0.3) is 0 Å². The standard InChI is InChI=1S/C10H10F3NO4S/c11-10(12,13)6-2-1-3-7(4-6)19(17,18)8(5-14)9(15)16/h1-4,8H,5,14H2,(H,15,16). The SMILES string of the molecule is NCC(C(=O)O)S(=O)(=O)c1cccc(C(F)(F)F)c1. The summed E-state index contributed by atoms with van der Waals surface area (Å²) >= 11 is 0. The van der Waals surface area contributed by atoms with Crippen molar-refractivity contribution >= 4 is 15.8 Å². The van der Waals surface area contributed by atoms with Gasteiger partial charge in [0.15, 0.2) is 15.1 Å². The Hall–Kier alpha value is -1.61. The normalized spacial score (nSPS) is 14.1. The summed E-state index contributed by atoms with van der Waals surface area (Å²) in [6, 6.07) is 2.87. The Kier molecular flexibility index (Phi) is 4.21. The van der Waals surface area contributed by atoms with E-state index in [0.717, 1.165) is 12.1 Å². The van der Waals surface area contributed by atoms with Gasteiger partial charge in [0.25, 0.3) is 0 Å². The summed E-state index contributed by atoms with van der Waals surface area (Å²) in [5.74, 6) is -1.71. The van der Waals surface area contributed by atoms with Crippen molar-refractivity contribution in [2.24, 2.45) is 5.73 Å². The van der Waals surface area contributed by atoms with Crippen molar-refractivity contribution in [3.63, 3.8) is 0 Å². The van der Waals surface area contributed by atoms with Gasteiger partial charge in [-0.1, -0.05) is 6.07 Å². The highest BCUT2D eigenvalue weighted by Gasteiger charge is 2.36. The summed E-state index contributed by atoms with van der Waals surface area (Å²) in [5, 5.41) is 6.74. The third-order valence-corrected chi connectivity index (χ3v) is 4.41. The van der Waals surface area contributed by atoms with Crippen molar-refractivity contribution in [1.82, 2.24) is 0 Å². The molecule has 9 heteroatoms. The van der Waals surface area contributed by atoms with Gasteiger partial charge < -0.3 is 10.8 Å². The number of hydrogen-bond acceptors (Lipinski definition) is 4. The van der Waals surface area contributed by atoms with E-state index in [1.807, 2.05) is 0 Å². The van der Waals surface area contributed by atoms with Gasteiger partial charge in [0.1, 0.15) is 0 Å². The number of hydrogen-bond donors (Lipinski definition) is 2. The second-order valence-electron chi connectivity index (χ2n) is 3.63. The molecule has 0 amide bonds. The largest absolute Gasteiger partial charge is 0.480 e. The number of carbonyl (C=O) groups is 1. The summed E-state index contributed by atoms with van der Waals surface area (Å²) in [7, 11) is -4.46. The van der Waals surface area contributed by atoms with E-state index in [1.54, 1.807) is 0 Å². The predicted molar refractivity (Wildman–Crippen MR) is 59.1 cm³/mol. The molecule has 0 spiro atoms. The van der Waals surface area contributed by atoms with Crippen LogP contribution in [0.4, 0.5) is 13.2 Å². The Morgan fingerprint density at radius 2 is 1.95 bits per heavy atom. The van der Waals surface area contributed by atoms with E-state index in [2.05, 4.69) is 0 Å². The zero-order chi connectivity index (χ0) is 14.8. The second kappa shape index (κ2) is 5.17. The van der Waals surface area contributed by atoms with Crippen LogP contribution in [0.2, 0.25) is 0 Å². The van der Waals surface area contributed by atoms with Gasteiger partial charge in [-0.05, 0) is 18.2 Å². The van der Waals surface area contributed by atoms with Gasteiger partial charge in [0, 0.05) is 6.54 Å². The molecular formula is C10H10F3NO4S. The molecule has 0 aliphatic heterocycles. The zero-order valence-electron chi connectivity index (χ0n) is 9.39. The molecule has 0 heterocycles. The van der Waals surface area contributed by atoms with Gasteiger partial charge in [-0.15, -0.1) is 0 Å². The molecule has 0 saturated carbocycles. The number of aliphatic carboxylic acids is 1. The highest BCUT2D eigenvalue weighted by molar-refractivity contribution is 7.92. The summed E-state index contributed by atoms with van der Waals surface area (Å²) < 4.78 is 61.1. The average molecular weight is 297 g/mol. The van der Waals surface area contributed by atoms with Gasteiger partial charge in [0.2, 0.25) is 0 Å². The summed E-state index contributed by atoms with van der Waals surface area (Å²) in [4.78, 5) is 10.0. The van der Waals surface area contributed by atoms with E-state index in [4.69, 9.17) is 10.8 Å². The maximum Gasteiger partial charge on any atom is 0.416 e. The molecule has 0 aliphatic carbocycles. The number of sulfone groups is 1. The number of carboxylic acid groups (broad SMARTS) is 1. The van der Waals surface area contributed by atoms with Gasteiger partial charge in [-0.25, -0.2) is 8.42 Å². The van der Waals surface area contributed by atoms with E-state index in [9.17, 15) is 26.4 Å². The van der Waals surface area contributed by atoms with E-state index in [-0.39, 0.29) is 0 Å². The van der Waals surface area contributed by atoms with Crippen LogP contribution in [-0.4, -0.2) is 31.3 Å². The molecule has 0 aromatic heterocycles. The topological polar surface area (TPSA) is 97.5 Å². The van der Waals surface area contributed by atoms with Gasteiger partial charge in [-0.2, -0.15) is 13.2 Å². The van der Waals surface area contributed by atoms with Crippen LogP contribution < -0.4 is 5.73 Å². The summed E-state index contributed by atoms with van der Waals surface area (Å²) in [6.45, 7) is -0.728. The monoisotopic (exact) mass is 297 g/mol. The quantitative estimate of drug-likeness (QED) is 0.860. The third kappa shape index (κ3) is 3.24. The molecular weight excluding hydrogens is 287 g/mol. The zero-order valence-corrected chi connectivity index (χ0v) is 10.2. The molecule has 19 heavy (non-hydrogen) atoms. The van der Waals surface area contributed by atoms with E-state index < -0.39 is 44.2 Å². The lowest BCUT2D eigenvalue weighted by molar-refractivity contribution is -0.138. The predicted octanol–water partition coefficient (Wildman–Crippen LogP) is 0.891. The molecule has 1 atom stereocenters. The van der Waals surface area contributed by atoms with Crippen LogP contribution in [0.5, 0.6) is 0 Å². The van der Waals surface area contributed by atoms with Crippen molar-refractivity contribution in [2.45, 2.75) is 16.3 Å². The molecule has 106 valence electrons. The summed E-state index contributed by atoms with van der Waals surface area (Å²) in [6.07, 6.45) is -4.72. The first-order chi connectivity index (χ1) is 8.60. The third-order valence-electron chi connectivity index (χ3n) is 2.35. The van der Waals surface area contributed by atoms with E-state index in [1.165, 1.54) is 0 Å². The molecule has 1 aromatic rings. The van der Waals surface area contributed by atoms with Crippen molar-refractivity contribution in [3.8, 4) is 0 Å². The molecule has 1 aromatic carbocycles. The Morgan fingerprint density at radius 1 is 1.37 bits per heavy atom. The number of carboxylic acids is 1. The minimum Gasteiger partial charge on any atom is -0.480 e. The highest BCUT2D eigenvalue weighted by atomic mass is 32.2. The Morgan fingerprint density at radius 3 is 2.37 bits per heavy atom. The van der Waals surface area contributed by atoms with E-state index in [0.29, 0.717) is 12.1 Å². The minimum absolute atomic E-state index is 0.390. The highest BCUT2D eigenvalue weighted by Crippen LogP contribution is 2.31. The first-order valence-electron chi connectivity index (χ1n) is 4.94. The molecule has 1 rings (SSSR count). The Balaban J connectivity index is 3.34. The van der Waals surface area contributed by atoms with Crippen molar-refractivity contribution in [3.05, 3.63) is 29.8 Å². The molecule has 0 fully saturated rings. The van der Waals surface area contributed by atoms with Crippen LogP contribution in [-0.2, 0) is 20.8 Å². The number of rotatable bonds is 4. The molecule has 3 N–H and O–H groups in total. The van der Waals surface area contributed by atoms with Crippen LogP contribution in [0.1, 0.15) is 5.56 Å². The number of nitrogens with two attached hydrogens (primary N) is 1. The molecule has 1 unspecified atom stereocenters. The number of alkyl halides is 3. The lowest BCUT2D eigenvalue weighted by Crippen LogP contribution is -2.37. The smallest absolute Gasteiger partial charge is 0.416 e. The van der Waals surface area contributed by atoms with Crippen LogP contribution in [0.3, 0.4) is 0 Å². The van der Waals surface area contributed by atoms with Gasteiger partial charge >= 0.3 is 12.1 Å². The molecule has 0 radical (unpaired) electrons. The van der Waals surface area contributed by atoms with Crippen molar-refractivity contribution in [2.75, 3.05) is 6.54 Å². The Labute approximate surface area is 106 Å². The lowest BCUT2D eigenvalue weighted by atomic mass is 10.2. The van der Waals surface area contributed by atoms with Crippen LogP contribution in [0.15, 0.2) is 29.2 Å². The Bertz CT molecular complexity index is 583. The average Bonchev–Trinajstić information content (AvgIpc) is 2.28. The minimum atomic E-state index is -4.72. The maximum atomic E-state index is 12.5. The van der Waals surface area contributed by atoms with Gasteiger partial charge in [-0.3, -0.25) is 4.79 Å². The fourth-order valence-corrected chi connectivity index (χ4v) is 2.78. The van der Waals surface area contributed by atoms with Gasteiger partial charge in [0.05, 0.1) is 10.5 Å². The first kappa shape index (κ1) is 15.4. The number of benzene rings is 1.